The van der Waals surface area contributed by atoms with E-state index in [1.807, 2.05) is 12.1 Å². The van der Waals surface area contributed by atoms with Crippen LogP contribution < -0.4 is 4.74 Å². The molecule has 0 heterocycles. The largest absolute Gasteiger partial charge is 0.497 e. The minimum atomic E-state index is -1.04. The van der Waals surface area contributed by atoms with Crippen LogP contribution in [0.2, 0.25) is 0 Å². The first-order valence-electron chi connectivity index (χ1n) is 7.62. The molecule has 0 atom stereocenters. The number of carboxylic acids is 1. The van der Waals surface area contributed by atoms with Crippen LogP contribution >= 0.6 is 0 Å². The monoisotopic (exact) mass is 305 g/mol. The summed E-state index contributed by atoms with van der Waals surface area (Å²) < 4.78 is 5.09. The van der Waals surface area contributed by atoms with Crippen molar-refractivity contribution < 1.29 is 19.4 Å². The van der Waals surface area contributed by atoms with Gasteiger partial charge in [0.25, 0.3) is 0 Å². The quantitative estimate of drug-likeness (QED) is 0.907. The number of methoxy groups -OCH3 is 1. The predicted molar refractivity (Wildman–Crippen MR) is 82.9 cm³/mol. The number of carboxylic acid groups (broad SMARTS) is 1. The van der Waals surface area contributed by atoms with Gasteiger partial charge in [-0.25, -0.2) is 4.79 Å². The van der Waals surface area contributed by atoms with Gasteiger partial charge in [-0.05, 0) is 30.5 Å². The Morgan fingerprint density at radius 1 is 1.18 bits per heavy atom. The molecule has 120 valence electrons. The molecular weight excluding hydrogens is 282 g/mol. The molecule has 0 radical (unpaired) electrons. The highest BCUT2D eigenvalue weighted by atomic mass is 16.5. The first-order chi connectivity index (χ1) is 10.5. The number of hydrogen-bond donors (Lipinski definition) is 1. The Hall–Kier alpha value is -2.04. The average Bonchev–Trinajstić information content (AvgIpc) is 2.55. The van der Waals surface area contributed by atoms with Crippen LogP contribution in [0.15, 0.2) is 24.3 Å². The number of hydrogen-bond acceptors (Lipinski definition) is 3. The lowest BCUT2D eigenvalue weighted by molar-refractivity contribution is -0.160. The second-order valence-electron chi connectivity index (χ2n) is 5.88. The van der Waals surface area contributed by atoms with Gasteiger partial charge in [-0.3, -0.25) is 4.79 Å². The molecular formula is C17H23NO4. The Bertz CT molecular complexity index is 532. The lowest BCUT2D eigenvalue weighted by atomic mass is 9.80. The van der Waals surface area contributed by atoms with E-state index in [0.717, 1.165) is 30.6 Å². The molecule has 1 fully saturated rings. The maximum Gasteiger partial charge on any atom is 0.329 e. The molecule has 0 unspecified atom stereocenters. The Morgan fingerprint density at radius 2 is 1.77 bits per heavy atom. The topological polar surface area (TPSA) is 66.8 Å². The van der Waals surface area contributed by atoms with Gasteiger partial charge in [0.2, 0.25) is 5.91 Å². The molecule has 0 saturated heterocycles. The van der Waals surface area contributed by atoms with Crippen LogP contribution in [0.1, 0.15) is 37.7 Å². The van der Waals surface area contributed by atoms with E-state index in [1.165, 1.54) is 4.90 Å². The molecule has 1 aliphatic rings. The number of carbonyl (C=O) groups is 2. The first-order valence-corrected chi connectivity index (χ1v) is 7.62. The molecule has 1 aromatic carbocycles. The number of nitrogens with zero attached hydrogens (tertiary/aromatic N) is 1. The zero-order chi connectivity index (χ0) is 16.2. The van der Waals surface area contributed by atoms with E-state index < -0.39 is 11.5 Å². The highest BCUT2D eigenvalue weighted by Gasteiger charge is 2.45. The summed E-state index contributed by atoms with van der Waals surface area (Å²) in [4.78, 5) is 25.7. The van der Waals surface area contributed by atoms with Gasteiger partial charge in [-0.1, -0.05) is 31.4 Å². The van der Waals surface area contributed by atoms with E-state index in [1.54, 1.807) is 26.3 Å². The van der Waals surface area contributed by atoms with Crippen LogP contribution in [0.4, 0.5) is 0 Å². The van der Waals surface area contributed by atoms with E-state index in [4.69, 9.17) is 4.74 Å². The minimum absolute atomic E-state index is 0.158. The second kappa shape index (κ2) is 6.81. The molecule has 0 aliphatic heterocycles. The van der Waals surface area contributed by atoms with Crippen molar-refractivity contribution in [1.29, 1.82) is 0 Å². The molecule has 1 saturated carbocycles. The molecule has 0 bridgehead atoms. The molecule has 1 amide bonds. The van der Waals surface area contributed by atoms with Crippen LogP contribution in [0.25, 0.3) is 0 Å². The van der Waals surface area contributed by atoms with Gasteiger partial charge >= 0.3 is 5.97 Å². The van der Waals surface area contributed by atoms with E-state index >= 15 is 0 Å². The summed E-state index contributed by atoms with van der Waals surface area (Å²) in [5.74, 6) is -0.314. The summed E-state index contributed by atoms with van der Waals surface area (Å²) in [5.41, 5.74) is -0.184. The van der Waals surface area contributed by atoms with E-state index in [9.17, 15) is 14.7 Å². The van der Waals surface area contributed by atoms with Crippen LogP contribution in [0, 0.1) is 0 Å². The van der Waals surface area contributed by atoms with Gasteiger partial charge in [0, 0.05) is 7.05 Å². The summed E-state index contributed by atoms with van der Waals surface area (Å²) in [5, 5.41) is 9.63. The molecule has 0 spiro atoms. The molecule has 1 N–H and O–H groups in total. The Morgan fingerprint density at radius 3 is 2.27 bits per heavy atom. The average molecular weight is 305 g/mol. The van der Waals surface area contributed by atoms with Crippen molar-refractivity contribution in [3.05, 3.63) is 29.8 Å². The van der Waals surface area contributed by atoms with E-state index in [-0.39, 0.29) is 12.3 Å². The molecule has 0 aromatic heterocycles. The SMILES string of the molecule is COc1ccc(CC(=O)N(C)C2(C(=O)O)CCCCC2)cc1. The molecule has 5 heteroatoms. The summed E-state index contributed by atoms with van der Waals surface area (Å²) in [6, 6.07) is 7.27. The lowest BCUT2D eigenvalue weighted by Crippen LogP contribution is -2.56. The zero-order valence-corrected chi connectivity index (χ0v) is 13.2. The summed E-state index contributed by atoms with van der Waals surface area (Å²) in [6.07, 6.45) is 4.02. The lowest BCUT2D eigenvalue weighted by Gasteiger charge is -2.41. The van der Waals surface area contributed by atoms with Crippen molar-refractivity contribution in [3.63, 3.8) is 0 Å². The summed E-state index contributed by atoms with van der Waals surface area (Å²) in [6.45, 7) is 0. The van der Waals surface area contributed by atoms with Gasteiger partial charge in [0.05, 0.1) is 13.5 Å². The van der Waals surface area contributed by atoms with Crippen LogP contribution in [0.3, 0.4) is 0 Å². The molecule has 22 heavy (non-hydrogen) atoms. The Kier molecular flexibility index (Phi) is 5.06. The van der Waals surface area contributed by atoms with Crippen LogP contribution in [0.5, 0.6) is 5.75 Å². The number of likely N-dealkylation sites (N-methyl/N-ethyl adjacent to an activating group) is 1. The minimum Gasteiger partial charge on any atom is -0.497 e. The highest BCUT2D eigenvalue weighted by Crippen LogP contribution is 2.33. The Labute approximate surface area is 130 Å². The highest BCUT2D eigenvalue weighted by molar-refractivity contribution is 5.88. The molecule has 1 aliphatic carbocycles. The maximum absolute atomic E-state index is 12.5. The first kappa shape index (κ1) is 16.3. The van der Waals surface area contributed by atoms with Gasteiger partial charge in [0.1, 0.15) is 11.3 Å². The standard InChI is InChI=1S/C17H23NO4/c1-18(17(16(20)21)10-4-3-5-11-17)15(19)12-13-6-8-14(22-2)9-7-13/h6-9H,3-5,10-12H2,1-2H3,(H,20,21). The predicted octanol–water partition coefficient (Wildman–Crippen LogP) is 2.48. The zero-order valence-electron chi connectivity index (χ0n) is 13.2. The van der Waals surface area contributed by atoms with Crippen molar-refractivity contribution in [2.24, 2.45) is 0 Å². The number of aliphatic carboxylic acids is 1. The number of benzene rings is 1. The fraction of sp³-hybridized carbons (Fsp3) is 0.529. The molecule has 5 nitrogen and oxygen atoms in total. The molecule has 1 aromatic rings. The van der Waals surface area contributed by atoms with Crippen LogP contribution in [-0.4, -0.2) is 41.6 Å². The van der Waals surface area contributed by atoms with Gasteiger partial charge < -0.3 is 14.7 Å². The van der Waals surface area contributed by atoms with Crippen molar-refractivity contribution in [3.8, 4) is 5.75 Å². The van der Waals surface area contributed by atoms with Gasteiger partial charge in [-0.2, -0.15) is 0 Å². The number of ether oxygens (including phenoxy) is 1. The number of rotatable bonds is 5. The Balaban J connectivity index is 2.10. The smallest absolute Gasteiger partial charge is 0.329 e. The summed E-state index contributed by atoms with van der Waals surface area (Å²) >= 11 is 0. The van der Waals surface area contributed by atoms with Gasteiger partial charge in [0.15, 0.2) is 0 Å². The van der Waals surface area contributed by atoms with Crippen molar-refractivity contribution >= 4 is 11.9 Å². The summed E-state index contributed by atoms with van der Waals surface area (Å²) in [7, 11) is 3.21. The van der Waals surface area contributed by atoms with Crippen LogP contribution in [-0.2, 0) is 16.0 Å². The molecule has 2 rings (SSSR count). The second-order valence-corrected chi connectivity index (χ2v) is 5.88. The fourth-order valence-corrected chi connectivity index (χ4v) is 3.10. The third-order valence-corrected chi connectivity index (χ3v) is 4.61. The van der Waals surface area contributed by atoms with Gasteiger partial charge in [-0.15, -0.1) is 0 Å². The fourth-order valence-electron chi connectivity index (χ4n) is 3.10. The number of carbonyl (C=O) groups excluding carboxylic acids is 1. The number of amides is 1. The third-order valence-electron chi connectivity index (χ3n) is 4.61. The normalized spacial score (nSPS) is 16.8. The van der Waals surface area contributed by atoms with E-state index in [0.29, 0.717) is 12.8 Å². The third kappa shape index (κ3) is 3.24. The maximum atomic E-state index is 12.5. The van der Waals surface area contributed by atoms with Crippen molar-refractivity contribution in [2.45, 2.75) is 44.1 Å². The van der Waals surface area contributed by atoms with Crippen molar-refractivity contribution in [1.82, 2.24) is 4.90 Å². The van der Waals surface area contributed by atoms with Crippen molar-refractivity contribution in [2.75, 3.05) is 14.2 Å². The van der Waals surface area contributed by atoms with E-state index in [2.05, 4.69) is 0 Å².